The summed E-state index contributed by atoms with van der Waals surface area (Å²) in [6.45, 7) is 10.9. The van der Waals surface area contributed by atoms with Crippen LogP contribution >= 0.6 is 11.6 Å². The molecule has 0 aliphatic heterocycles. The van der Waals surface area contributed by atoms with E-state index in [0.717, 1.165) is 58.1 Å². The lowest BCUT2D eigenvalue weighted by atomic mass is 10.1. The van der Waals surface area contributed by atoms with Crippen LogP contribution < -0.4 is 10.1 Å². The number of hydrogen-bond acceptors (Lipinski definition) is 3. The molecule has 0 spiro atoms. The number of para-hydroxylation sites is 2. The van der Waals surface area contributed by atoms with E-state index in [1.54, 1.807) is 0 Å². The highest BCUT2D eigenvalue weighted by Crippen LogP contribution is 2.26. The summed E-state index contributed by atoms with van der Waals surface area (Å²) in [5.74, 6) is 1.49. The van der Waals surface area contributed by atoms with Gasteiger partial charge in [-0.3, -0.25) is 4.79 Å². The van der Waals surface area contributed by atoms with E-state index in [1.807, 2.05) is 51.1 Å². The van der Waals surface area contributed by atoms with E-state index in [9.17, 15) is 4.79 Å². The van der Waals surface area contributed by atoms with E-state index in [2.05, 4.69) is 22.5 Å². The third kappa shape index (κ3) is 5.03. The Hall–Kier alpha value is -2.79. The van der Waals surface area contributed by atoms with Gasteiger partial charge in [-0.05, 0) is 75.1 Å². The van der Waals surface area contributed by atoms with Gasteiger partial charge in [-0.2, -0.15) is 0 Å². The van der Waals surface area contributed by atoms with Gasteiger partial charge in [-0.25, -0.2) is 4.98 Å². The number of hydrogen-bond donors (Lipinski definition) is 1. The molecule has 3 aromatic rings. The summed E-state index contributed by atoms with van der Waals surface area (Å²) in [6, 6.07) is 11.8. The lowest BCUT2D eigenvalue weighted by Crippen LogP contribution is -2.27. The number of carbonyl (C=O) groups excluding carboxylic acids is 1. The maximum Gasteiger partial charge on any atom is 0.243 e. The molecule has 3 rings (SSSR count). The Labute approximate surface area is 182 Å². The van der Waals surface area contributed by atoms with Gasteiger partial charge in [0, 0.05) is 11.6 Å². The predicted octanol–water partition coefficient (Wildman–Crippen LogP) is 5.53. The lowest BCUT2D eigenvalue weighted by Gasteiger charge is -2.16. The number of aromatic nitrogens is 2. The Kier molecular flexibility index (Phi) is 7.16. The number of aryl methyl sites for hydroxylation is 3. The van der Waals surface area contributed by atoms with Crippen LogP contribution in [-0.4, -0.2) is 22.1 Å². The molecule has 158 valence electrons. The quantitative estimate of drug-likeness (QED) is 0.362. The zero-order chi connectivity index (χ0) is 21.7. The number of ether oxygens (including phenoxy) is 1. The summed E-state index contributed by atoms with van der Waals surface area (Å²) in [5.41, 5.74) is 4.04. The van der Waals surface area contributed by atoms with Crippen molar-refractivity contribution in [3.8, 4) is 5.75 Å². The van der Waals surface area contributed by atoms with Gasteiger partial charge in [-0.15, -0.1) is 0 Å². The summed E-state index contributed by atoms with van der Waals surface area (Å²) in [6.07, 6.45) is 3.11. The third-order valence-electron chi connectivity index (χ3n) is 5.07. The molecule has 0 aliphatic rings. The molecule has 1 atom stereocenters. The van der Waals surface area contributed by atoms with Crippen LogP contribution in [0.1, 0.15) is 42.8 Å². The van der Waals surface area contributed by atoms with E-state index >= 15 is 0 Å². The van der Waals surface area contributed by atoms with Crippen molar-refractivity contribution in [3.05, 3.63) is 71.0 Å². The fraction of sp³-hybridized carbons (Fsp3) is 0.333. The van der Waals surface area contributed by atoms with Crippen LogP contribution in [0.4, 0.5) is 0 Å². The average molecular weight is 426 g/mol. The zero-order valence-electron chi connectivity index (χ0n) is 17.7. The Morgan fingerprint density at radius 2 is 1.97 bits per heavy atom. The Morgan fingerprint density at radius 1 is 1.27 bits per heavy atom. The lowest BCUT2D eigenvalue weighted by molar-refractivity contribution is -0.117. The van der Waals surface area contributed by atoms with Gasteiger partial charge in [0.25, 0.3) is 0 Å². The summed E-state index contributed by atoms with van der Waals surface area (Å²) in [7, 11) is 0. The maximum absolute atomic E-state index is 11.7. The number of carbonyl (C=O) groups is 1. The summed E-state index contributed by atoms with van der Waals surface area (Å²) in [5, 5.41) is 3.70. The first-order valence-corrected chi connectivity index (χ1v) is 10.6. The second-order valence-corrected chi connectivity index (χ2v) is 7.85. The zero-order valence-corrected chi connectivity index (χ0v) is 18.5. The van der Waals surface area contributed by atoms with Crippen LogP contribution in [0.15, 0.2) is 49.1 Å². The van der Waals surface area contributed by atoms with Crippen molar-refractivity contribution in [2.45, 2.75) is 46.2 Å². The first-order valence-electron chi connectivity index (χ1n) is 10.2. The van der Waals surface area contributed by atoms with E-state index in [4.69, 9.17) is 21.3 Å². The van der Waals surface area contributed by atoms with Crippen molar-refractivity contribution in [2.75, 3.05) is 6.61 Å². The number of benzene rings is 2. The fourth-order valence-electron chi connectivity index (χ4n) is 3.55. The van der Waals surface area contributed by atoms with Gasteiger partial charge in [0.1, 0.15) is 11.6 Å². The highest BCUT2D eigenvalue weighted by Gasteiger charge is 2.17. The number of halogens is 1. The highest BCUT2D eigenvalue weighted by molar-refractivity contribution is 6.32. The van der Waals surface area contributed by atoms with Crippen molar-refractivity contribution in [2.24, 2.45) is 0 Å². The number of amides is 1. The minimum atomic E-state index is -0.209. The first-order chi connectivity index (χ1) is 14.4. The topological polar surface area (TPSA) is 56.2 Å². The molecule has 0 saturated heterocycles. The van der Waals surface area contributed by atoms with Crippen molar-refractivity contribution in [1.29, 1.82) is 0 Å². The highest BCUT2D eigenvalue weighted by atomic mass is 35.5. The van der Waals surface area contributed by atoms with Crippen molar-refractivity contribution in [3.63, 3.8) is 0 Å². The maximum atomic E-state index is 11.7. The Morgan fingerprint density at radius 3 is 2.67 bits per heavy atom. The third-order valence-corrected chi connectivity index (χ3v) is 5.67. The number of nitrogens with one attached hydrogen (secondary N) is 1. The van der Waals surface area contributed by atoms with Crippen LogP contribution in [0.3, 0.4) is 0 Å². The van der Waals surface area contributed by atoms with Crippen LogP contribution in [-0.2, 0) is 11.3 Å². The minimum absolute atomic E-state index is 0.206. The van der Waals surface area contributed by atoms with E-state index < -0.39 is 0 Å². The molecule has 6 heteroatoms. The molecule has 5 nitrogen and oxygen atoms in total. The number of unbranched alkanes of at least 4 members (excludes halogenated alkanes) is 1. The monoisotopic (exact) mass is 425 g/mol. The molecule has 1 heterocycles. The van der Waals surface area contributed by atoms with Crippen LogP contribution in [0.25, 0.3) is 11.0 Å². The summed E-state index contributed by atoms with van der Waals surface area (Å²) in [4.78, 5) is 16.5. The van der Waals surface area contributed by atoms with E-state index in [1.165, 1.54) is 6.08 Å². The molecule has 0 radical (unpaired) electrons. The van der Waals surface area contributed by atoms with E-state index in [0.29, 0.717) is 6.61 Å². The largest absolute Gasteiger partial charge is 0.494 e. The molecular weight excluding hydrogens is 398 g/mol. The molecular formula is C24H28ClN3O2. The minimum Gasteiger partial charge on any atom is -0.494 e. The number of nitrogens with zero attached hydrogens (tertiary/aromatic N) is 2. The smallest absolute Gasteiger partial charge is 0.243 e. The SMILES string of the molecule is C=CC(=O)NC(C)c1nc2ccccc2n1CCCCOc1cc(C)c(Cl)c(C)c1. The molecule has 1 N–H and O–H groups in total. The molecule has 0 fully saturated rings. The predicted molar refractivity (Wildman–Crippen MR) is 122 cm³/mol. The molecule has 30 heavy (non-hydrogen) atoms. The van der Waals surface area contributed by atoms with Crippen molar-refractivity contribution >= 4 is 28.5 Å². The summed E-state index contributed by atoms with van der Waals surface area (Å²) < 4.78 is 8.10. The molecule has 0 saturated carbocycles. The Bertz CT molecular complexity index is 1030. The van der Waals surface area contributed by atoms with Crippen molar-refractivity contribution in [1.82, 2.24) is 14.9 Å². The Balaban J connectivity index is 1.64. The standard InChI is InChI=1S/C24H28ClN3O2/c1-5-22(29)26-18(4)24-27-20-10-6-7-11-21(20)28(24)12-8-9-13-30-19-14-16(2)23(25)17(3)15-19/h5-7,10-11,14-15,18H,1,8-9,12-13H2,2-4H3,(H,26,29). The van der Waals surface area contributed by atoms with Gasteiger partial charge >= 0.3 is 0 Å². The molecule has 1 aromatic heterocycles. The van der Waals surface area contributed by atoms with Gasteiger partial charge in [0.05, 0.1) is 23.7 Å². The van der Waals surface area contributed by atoms with E-state index in [-0.39, 0.29) is 11.9 Å². The number of fused-ring (bicyclic) bond motifs is 1. The van der Waals surface area contributed by atoms with Gasteiger partial charge < -0.3 is 14.6 Å². The molecule has 2 aromatic carbocycles. The van der Waals surface area contributed by atoms with Crippen LogP contribution in [0.5, 0.6) is 5.75 Å². The number of imidazole rings is 1. The molecule has 0 bridgehead atoms. The van der Waals surface area contributed by atoms with Gasteiger partial charge in [0.15, 0.2) is 0 Å². The molecule has 1 amide bonds. The van der Waals surface area contributed by atoms with Crippen LogP contribution in [0, 0.1) is 13.8 Å². The fourth-order valence-corrected chi connectivity index (χ4v) is 3.66. The molecule has 1 unspecified atom stereocenters. The second-order valence-electron chi connectivity index (χ2n) is 7.47. The van der Waals surface area contributed by atoms with Crippen molar-refractivity contribution < 1.29 is 9.53 Å². The normalized spacial score (nSPS) is 12.0. The van der Waals surface area contributed by atoms with Crippen LogP contribution in [0.2, 0.25) is 5.02 Å². The summed E-state index contributed by atoms with van der Waals surface area (Å²) >= 11 is 6.22. The second kappa shape index (κ2) is 9.81. The van der Waals surface area contributed by atoms with Gasteiger partial charge in [-0.1, -0.05) is 30.3 Å². The average Bonchev–Trinajstić information content (AvgIpc) is 3.10. The van der Waals surface area contributed by atoms with Gasteiger partial charge in [0.2, 0.25) is 5.91 Å². The number of rotatable bonds is 9. The molecule has 0 aliphatic carbocycles. The first kappa shape index (κ1) is 21.9.